The van der Waals surface area contributed by atoms with Gasteiger partial charge in [0.25, 0.3) is 11.8 Å². The van der Waals surface area contributed by atoms with Crippen LogP contribution in [-0.4, -0.2) is 42.7 Å². The first-order valence-corrected chi connectivity index (χ1v) is 6.58. The van der Waals surface area contributed by atoms with Gasteiger partial charge < -0.3 is 4.74 Å². The highest BCUT2D eigenvalue weighted by Gasteiger charge is 2.38. The van der Waals surface area contributed by atoms with Gasteiger partial charge in [-0.15, -0.1) is 0 Å². The van der Waals surface area contributed by atoms with Gasteiger partial charge >= 0.3 is 0 Å². The third-order valence-corrected chi connectivity index (χ3v) is 3.00. The van der Waals surface area contributed by atoms with E-state index >= 15 is 0 Å². The third kappa shape index (κ3) is 2.87. The molecule has 2 rings (SSSR count). The summed E-state index contributed by atoms with van der Waals surface area (Å²) in [7, 11) is 0. The first kappa shape index (κ1) is 14.6. The van der Waals surface area contributed by atoms with Gasteiger partial charge in [0.05, 0.1) is 24.3 Å². The molecule has 1 aliphatic heterocycles. The molecule has 6 heteroatoms. The first-order valence-electron chi connectivity index (χ1n) is 6.58. The Morgan fingerprint density at radius 1 is 1.15 bits per heavy atom. The number of benzene rings is 1. The van der Waals surface area contributed by atoms with Crippen LogP contribution in [0.3, 0.4) is 0 Å². The Bertz CT molecular complexity index is 469. The summed E-state index contributed by atoms with van der Waals surface area (Å²) in [5, 5.41) is 0. The normalized spacial score (nSPS) is 15.6. The van der Waals surface area contributed by atoms with Crippen LogP contribution in [0.4, 0.5) is 0 Å². The topological polar surface area (TPSA) is 67.9 Å². The van der Waals surface area contributed by atoms with E-state index in [1.54, 1.807) is 31.2 Å². The molecule has 1 unspecified atom stereocenters. The number of hydrogen-bond donors (Lipinski definition) is 1. The number of nitrogens with zero attached hydrogens (tertiary/aromatic N) is 1. The largest absolute Gasteiger partial charge is 0.379 e. The molecule has 0 fully saturated rings. The van der Waals surface area contributed by atoms with Crippen LogP contribution in [-0.2, 0) is 9.57 Å². The lowest BCUT2D eigenvalue weighted by molar-refractivity contribution is -0.0386. The van der Waals surface area contributed by atoms with Gasteiger partial charge in [-0.3, -0.25) is 19.3 Å². The summed E-state index contributed by atoms with van der Waals surface area (Å²) in [6.45, 7) is 5.02. The Hall–Kier alpha value is -1.76. The van der Waals surface area contributed by atoms with E-state index in [0.717, 1.165) is 4.90 Å². The van der Waals surface area contributed by atoms with Crippen molar-refractivity contribution in [1.82, 2.24) is 10.4 Å². The fourth-order valence-corrected chi connectivity index (χ4v) is 2.04. The molecule has 6 nitrogen and oxygen atoms in total. The minimum absolute atomic E-state index is 0.306. The van der Waals surface area contributed by atoms with Crippen molar-refractivity contribution in [3.8, 4) is 0 Å². The van der Waals surface area contributed by atoms with E-state index in [2.05, 4.69) is 5.48 Å². The van der Waals surface area contributed by atoms with Crippen molar-refractivity contribution in [2.75, 3.05) is 19.8 Å². The van der Waals surface area contributed by atoms with Gasteiger partial charge in [-0.25, -0.2) is 0 Å². The fourth-order valence-electron chi connectivity index (χ4n) is 2.04. The van der Waals surface area contributed by atoms with E-state index in [1.165, 1.54) is 0 Å². The fraction of sp³-hybridized carbons (Fsp3) is 0.429. The van der Waals surface area contributed by atoms with Gasteiger partial charge in [0.1, 0.15) is 6.17 Å². The van der Waals surface area contributed by atoms with E-state index in [9.17, 15) is 9.59 Å². The van der Waals surface area contributed by atoms with Crippen LogP contribution < -0.4 is 5.48 Å². The molecule has 0 aromatic heterocycles. The van der Waals surface area contributed by atoms with Crippen molar-refractivity contribution in [1.29, 1.82) is 0 Å². The van der Waals surface area contributed by atoms with Crippen molar-refractivity contribution in [2.24, 2.45) is 0 Å². The van der Waals surface area contributed by atoms with Crippen molar-refractivity contribution < 1.29 is 19.2 Å². The zero-order valence-electron chi connectivity index (χ0n) is 11.6. The number of carbonyl (C=O) groups excluding carboxylic acids is 2. The number of hydrogen-bond acceptors (Lipinski definition) is 5. The second-order valence-electron chi connectivity index (χ2n) is 4.37. The van der Waals surface area contributed by atoms with Crippen molar-refractivity contribution >= 4 is 11.8 Å². The number of fused-ring (bicyclic) bond motifs is 1. The molecule has 0 bridgehead atoms. The zero-order chi connectivity index (χ0) is 14.5. The molecular formula is C14H18N2O4. The highest BCUT2D eigenvalue weighted by atomic mass is 16.7. The lowest BCUT2D eigenvalue weighted by Crippen LogP contribution is -2.47. The van der Waals surface area contributed by atoms with Crippen molar-refractivity contribution in [3.05, 3.63) is 35.4 Å². The molecule has 0 radical (unpaired) electrons. The molecule has 1 aliphatic rings. The van der Waals surface area contributed by atoms with Crippen molar-refractivity contribution in [3.63, 3.8) is 0 Å². The minimum Gasteiger partial charge on any atom is -0.379 e. The lowest BCUT2D eigenvalue weighted by Gasteiger charge is -2.23. The molecule has 0 saturated heterocycles. The monoisotopic (exact) mass is 278 g/mol. The van der Waals surface area contributed by atoms with Crippen LogP contribution in [0.5, 0.6) is 0 Å². The summed E-state index contributed by atoms with van der Waals surface area (Å²) >= 11 is 0. The second-order valence-corrected chi connectivity index (χ2v) is 4.37. The summed E-state index contributed by atoms with van der Waals surface area (Å²) in [5.41, 5.74) is 3.55. The molecule has 0 saturated carbocycles. The Labute approximate surface area is 117 Å². The SMILES string of the molecule is CCOCCONC(C)N1C(=O)c2ccccc2C1=O. The van der Waals surface area contributed by atoms with E-state index < -0.39 is 6.17 Å². The Morgan fingerprint density at radius 3 is 2.30 bits per heavy atom. The maximum atomic E-state index is 12.2. The quantitative estimate of drug-likeness (QED) is 0.461. The van der Waals surface area contributed by atoms with Gasteiger partial charge in [0.15, 0.2) is 0 Å². The van der Waals surface area contributed by atoms with Crippen LogP contribution in [0.2, 0.25) is 0 Å². The molecule has 1 N–H and O–H groups in total. The summed E-state index contributed by atoms with van der Waals surface area (Å²) in [6, 6.07) is 6.78. The molecular weight excluding hydrogens is 260 g/mol. The Balaban J connectivity index is 1.93. The van der Waals surface area contributed by atoms with E-state index in [4.69, 9.17) is 9.57 Å². The maximum absolute atomic E-state index is 12.2. The van der Waals surface area contributed by atoms with E-state index in [1.807, 2.05) is 6.92 Å². The number of amides is 2. The number of rotatable bonds is 7. The van der Waals surface area contributed by atoms with Crippen LogP contribution >= 0.6 is 0 Å². The average molecular weight is 278 g/mol. The highest BCUT2D eigenvalue weighted by molar-refractivity contribution is 6.21. The summed E-state index contributed by atoms with van der Waals surface area (Å²) < 4.78 is 5.12. The lowest BCUT2D eigenvalue weighted by atomic mass is 10.1. The van der Waals surface area contributed by atoms with E-state index in [0.29, 0.717) is 30.9 Å². The number of ether oxygens (including phenoxy) is 1. The number of nitrogens with one attached hydrogen (secondary N) is 1. The van der Waals surface area contributed by atoms with Crippen LogP contribution in [0.1, 0.15) is 34.6 Å². The molecule has 0 spiro atoms. The molecule has 1 aromatic carbocycles. The van der Waals surface area contributed by atoms with Crippen molar-refractivity contribution in [2.45, 2.75) is 20.0 Å². The number of imide groups is 1. The van der Waals surface area contributed by atoms with Crippen LogP contribution in [0.25, 0.3) is 0 Å². The maximum Gasteiger partial charge on any atom is 0.262 e. The molecule has 20 heavy (non-hydrogen) atoms. The average Bonchev–Trinajstić information content (AvgIpc) is 2.71. The predicted octanol–water partition coefficient (Wildman–Crippen LogP) is 1.19. The molecule has 1 atom stereocenters. The summed E-state index contributed by atoms with van der Waals surface area (Å²) in [5.74, 6) is -0.613. The van der Waals surface area contributed by atoms with Gasteiger partial charge in [-0.05, 0) is 26.0 Å². The first-order chi connectivity index (χ1) is 9.66. The summed E-state index contributed by atoms with van der Waals surface area (Å²) in [4.78, 5) is 30.7. The standard InChI is InChI=1S/C14H18N2O4/c1-3-19-8-9-20-15-10(2)16-13(17)11-6-4-5-7-12(11)14(16)18/h4-7,10,15H,3,8-9H2,1-2H3. The van der Waals surface area contributed by atoms with Gasteiger partial charge in [-0.1, -0.05) is 12.1 Å². The number of hydroxylamine groups is 1. The molecule has 0 aliphatic carbocycles. The third-order valence-electron chi connectivity index (χ3n) is 3.00. The Morgan fingerprint density at radius 2 is 1.75 bits per heavy atom. The highest BCUT2D eigenvalue weighted by Crippen LogP contribution is 2.23. The van der Waals surface area contributed by atoms with Crippen LogP contribution in [0.15, 0.2) is 24.3 Å². The van der Waals surface area contributed by atoms with Gasteiger partial charge in [-0.2, -0.15) is 5.48 Å². The second kappa shape index (κ2) is 6.60. The van der Waals surface area contributed by atoms with Gasteiger partial charge in [0, 0.05) is 6.61 Å². The smallest absolute Gasteiger partial charge is 0.262 e. The summed E-state index contributed by atoms with van der Waals surface area (Å²) in [6.07, 6.45) is -0.538. The molecule has 108 valence electrons. The van der Waals surface area contributed by atoms with E-state index in [-0.39, 0.29) is 11.8 Å². The zero-order valence-corrected chi connectivity index (χ0v) is 11.6. The molecule has 1 aromatic rings. The van der Waals surface area contributed by atoms with Crippen LogP contribution in [0, 0.1) is 0 Å². The number of carbonyl (C=O) groups is 2. The molecule has 1 heterocycles. The molecule has 2 amide bonds. The predicted molar refractivity (Wildman–Crippen MR) is 72.0 cm³/mol. The minimum atomic E-state index is -0.538. The van der Waals surface area contributed by atoms with Gasteiger partial charge in [0.2, 0.25) is 0 Å². The Kier molecular flexibility index (Phi) is 4.84.